The van der Waals surface area contributed by atoms with Crippen LogP contribution in [0.3, 0.4) is 0 Å². The lowest BCUT2D eigenvalue weighted by molar-refractivity contribution is 0.115. The molecule has 0 spiro atoms. The van der Waals surface area contributed by atoms with Crippen molar-refractivity contribution in [2.75, 3.05) is 26.2 Å². The molecule has 0 aliphatic carbocycles. The second kappa shape index (κ2) is 4.02. The Balaban J connectivity index is 2.23. The Hall–Kier alpha value is -0.150. The van der Waals surface area contributed by atoms with Crippen molar-refractivity contribution in [3.63, 3.8) is 0 Å². The van der Waals surface area contributed by atoms with Crippen LogP contribution in [0, 0.1) is 5.92 Å². The van der Waals surface area contributed by atoms with E-state index in [1.54, 1.807) is 0 Å². The maximum absolute atomic E-state index is 12.7. The van der Waals surface area contributed by atoms with E-state index in [-0.39, 0.29) is 0 Å². The van der Waals surface area contributed by atoms with Gasteiger partial charge in [-0.25, -0.2) is 4.39 Å². The highest BCUT2D eigenvalue weighted by molar-refractivity contribution is 4.71. The van der Waals surface area contributed by atoms with Gasteiger partial charge in [0.1, 0.15) is 0 Å². The minimum atomic E-state index is -0.817. The molecule has 1 saturated heterocycles. The molecule has 3 heteroatoms. The lowest BCUT2D eigenvalue weighted by Crippen LogP contribution is -2.49. The Morgan fingerprint density at radius 2 is 2.36 bits per heavy atom. The zero-order valence-electron chi connectivity index (χ0n) is 7.31. The quantitative estimate of drug-likeness (QED) is 0.602. The first kappa shape index (κ1) is 8.94. The van der Waals surface area contributed by atoms with E-state index in [2.05, 4.69) is 24.1 Å². The molecular formula is C8H17FN2. The molecule has 0 aromatic carbocycles. The maximum Gasteiger partial charge on any atom is 0.164 e. The largest absolute Gasteiger partial charge is 0.298 e. The summed E-state index contributed by atoms with van der Waals surface area (Å²) >= 11 is 0. The fraction of sp³-hybridized carbons (Fsp3) is 1.00. The maximum atomic E-state index is 12.7. The molecule has 1 heterocycles. The lowest BCUT2D eigenvalue weighted by atomic mass is 10.2. The van der Waals surface area contributed by atoms with Crippen molar-refractivity contribution in [3.8, 4) is 0 Å². The van der Waals surface area contributed by atoms with Crippen molar-refractivity contribution in [2.24, 2.45) is 5.92 Å². The van der Waals surface area contributed by atoms with Gasteiger partial charge in [-0.2, -0.15) is 0 Å². The van der Waals surface area contributed by atoms with E-state index in [9.17, 15) is 4.39 Å². The van der Waals surface area contributed by atoms with Crippen LogP contribution >= 0.6 is 0 Å². The van der Waals surface area contributed by atoms with Crippen LogP contribution in [0.1, 0.15) is 13.8 Å². The van der Waals surface area contributed by atoms with Crippen molar-refractivity contribution in [1.29, 1.82) is 0 Å². The fourth-order valence-electron chi connectivity index (χ4n) is 1.44. The van der Waals surface area contributed by atoms with Gasteiger partial charge in [0.25, 0.3) is 0 Å². The molecule has 0 bridgehead atoms. The molecule has 0 aromatic heterocycles. The van der Waals surface area contributed by atoms with Crippen molar-refractivity contribution < 1.29 is 4.39 Å². The topological polar surface area (TPSA) is 15.3 Å². The van der Waals surface area contributed by atoms with Gasteiger partial charge >= 0.3 is 0 Å². The molecular weight excluding hydrogens is 143 g/mol. The molecule has 0 saturated carbocycles. The summed E-state index contributed by atoms with van der Waals surface area (Å²) < 4.78 is 12.7. The van der Waals surface area contributed by atoms with Gasteiger partial charge in [0.2, 0.25) is 0 Å². The number of piperazine rings is 1. The number of hydrogen-bond donors (Lipinski definition) is 1. The molecule has 1 fully saturated rings. The smallest absolute Gasteiger partial charge is 0.164 e. The van der Waals surface area contributed by atoms with Crippen LogP contribution in [0.5, 0.6) is 0 Å². The summed E-state index contributed by atoms with van der Waals surface area (Å²) in [6.45, 7) is 7.66. The summed E-state index contributed by atoms with van der Waals surface area (Å²) in [5, 5.41) is 2.78. The van der Waals surface area contributed by atoms with Crippen molar-refractivity contribution >= 4 is 0 Å². The molecule has 0 aromatic rings. The van der Waals surface area contributed by atoms with Crippen molar-refractivity contribution in [2.45, 2.75) is 20.1 Å². The summed E-state index contributed by atoms with van der Waals surface area (Å²) in [5.74, 6) is 0.639. The van der Waals surface area contributed by atoms with Crippen LogP contribution in [0.2, 0.25) is 0 Å². The van der Waals surface area contributed by atoms with Crippen LogP contribution in [-0.2, 0) is 0 Å². The molecule has 66 valence electrons. The normalized spacial score (nSPS) is 27.8. The highest BCUT2D eigenvalue weighted by Gasteiger charge is 2.18. The van der Waals surface area contributed by atoms with E-state index in [0.717, 1.165) is 19.6 Å². The molecule has 1 aliphatic rings. The number of nitrogens with zero attached hydrogens (tertiary/aromatic N) is 1. The summed E-state index contributed by atoms with van der Waals surface area (Å²) in [5.41, 5.74) is 0. The first-order valence-electron chi connectivity index (χ1n) is 4.28. The molecule has 1 aliphatic heterocycles. The lowest BCUT2D eigenvalue weighted by Gasteiger charge is -2.30. The van der Waals surface area contributed by atoms with Gasteiger partial charge in [0.15, 0.2) is 6.30 Å². The van der Waals surface area contributed by atoms with Gasteiger partial charge in [-0.15, -0.1) is 0 Å². The Kier molecular flexibility index (Phi) is 3.27. The zero-order chi connectivity index (χ0) is 8.27. The Labute approximate surface area is 67.8 Å². The number of hydrogen-bond acceptors (Lipinski definition) is 2. The molecule has 11 heavy (non-hydrogen) atoms. The summed E-state index contributed by atoms with van der Waals surface area (Å²) in [7, 11) is 0. The van der Waals surface area contributed by atoms with Gasteiger partial charge < -0.3 is 0 Å². The van der Waals surface area contributed by atoms with E-state index in [0.29, 0.717) is 12.5 Å². The van der Waals surface area contributed by atoms with Crippen LogP contribution in [-0.4, -0.2) is 37.4 Å². The summed E-state index contributed by atoms with van der Waals surface area (Å²) in [6, 6.07) is 0. The molecule has 1 rings (SSSR count). The van der Waals surface area contributed by atoms with Crippen molar-refractivity contribution in [3.05, 3.63) is 0 Å². The highest BCUT2D eigenvalue weighted by atomic mass is 19.1. The van der Waals surface area contributed by atoms with Gasteiger partial charge in [0, 0.05) is 26.2 Å². The molecule has 1 N–H and O–H groups in total. The third kappa shape index (κ3) is 3.16. The fourth-order valence-corrected chi connectivity index (χ4v) is 1.44. The molecule has 1 unspecified atom stereocenters. The Bertz CT molecular complexity index is 115. The molecule has 1 atom stereocenters. The Morgan fingerprint density at radius 1 is 1.64 bits per heavy atom. The SMILES string of the molecule is CC(C)CN1CCNC(F)C1. The number of rotatable bonds is 2. The molecule has 0 amide bonds. The van der Waals surface area contributed by atoms with Crippen LogP contribution in [0.15, 0.2) is 0 Å². The highest BCUT2D eigenvalue weighted by Crippen LogP contribution is 2.03. The Morgan fingerprint density at radius 3 is 2.91 bits per heavy atom. The van der Waals surface area contributed by atoms with E-state index in [1.165, 1.54) is 0 Å². The minimum Gasteiger partial charge on any atom is -0.298 e. The predicted molar refractivity (Wildman–Crippen MR) is 44.2 cm³/mol. The number of alkyl halides is 1. The van der Waals surface area contributed by atoms with E-state index in [1.807, 2.05) is 0 Å². The third-order valence-corrected chi connectivity index (χ3v) is 1.84. The second-order valence-electron chi connectivity index (χ2n) is 3.58. The number of nitrogens with one attached hydrogen (secondary N) is 1. The standard InChI is InChI=1S/C8H17FN2/c1-7(2)5-11-4-3-10-8(9)6-11/h7-8,10H,3-6H2,1-2H3. The molecule has 2 nitrogen and oxygen atoms in total. The third-order valence-electron chi connectivity index (χ3n) is 1.84. The van der Waals surface area contributed by atoms with E-state index in [4.69, 9.17) is 0 Å². The van der Waals surface area contributed by atoms with Gasteiger partial charge in [-0.3, -0.25) is 10.2 Å². The van der Waals surface area contributed by atoms with Crippen LogP contribution < -0.4 is 5.32 Å². The van der Waals surface area contributed by atoms with Crippen molar-refractivity contribution in [1.82, 2.24) is 10.2 Å². The van der Waals surface area contributed by atoms with Gasteiger partial charge in [-0.05, 0) is 5.92 Å². The average molecular weight is 160 g/mol. The van der Waals surface area contributed by atoms with Crippen LogP contribution in [0.4, 0.5) is 4.39 Å². The van der Waals surface area contributed by atoms with Crippen LogP contribution in [0.25, 0.3) is 0 Å². The molecule has 0 radical (unpaired) electrons. The number of halogens is 1. The average Bonchev–Trinajstić information content (AvgIpc) is 1.85. The predicted octanol–water partition coefficient (Wildman–Crippen LogP) is 0.843. The van der Waals surface area contributed by atoms with E-state index < -0.39 is 6.30 Å². The summed E-state index contributed by atoms with van der Waals surface area (Å²) in [4.78, 5) is 2.17. The summed E-state index contributed by atoms with van der Waals surface area (Å²) in [6.07, 6.45) is -0.817. The van der Waals surface area contributed by atoms with Gasteiger partial charge in [-0.1, -0.05) is 13.8 Å². The van der Waals surface area contributed by atoms with Gasteiger partial charge in [0.05, 0.1) is 0 Å². The first-order chi connectivity index (χ1) is 5.18. The first-order valence-corrected chi connectivity index (χ1v) is 4.28. The minimum absolute atomic E-state index is 0.554. The monoisotopic (exact) mass is 160 g/mol. The second-order valence-corrected chi connectivity index (χ2v) is 3.58. The van der Waals surface area contributed by atoms with E-state index >= 15 is 0 Å². The zero-order valence-corrected chi connectivity index (χ0v) is 7.31.